The second-order valence-corrected chi connectivity index (χ2v) is 4.54. The highest BCUT2D eigenvalue weighted by Gasteiger charge is 2.33. The number of hydrogen-bond acceptors (Lipinski definition) is 3. The number of carboxylic acids is 1. The lowest BCUT2D eigenvalue weighted by molar-refractivity contribution is -0.146. The van der Waals surface area contributed by atoms with Crippen LogP contribution in [0.2, 0.25) is 0 Å². The summed E-state index contributed by atoms with van der Waals surface area (Å²) in [4.78, 5) is 11.2. The SMILES string of the molecule is CCCC[C@@](N)(COCc1ccccc1)C(=O)O. The van der Waals surface area contributed by atoms with E-state index >= 15 is 0 Å². The number of aliphatic carboxylic acids is 1. The van der Waals surface area contributed by atoms with Gasteiger partial charge >= 0.3 is 5.97 Å². The molecule has 0 saturated carbocycles. The summed E-state index contributed by atoms with van der Waals surface area (Å²) in [5.74, 6) is -0.996. The van der Waals surface area contributed by atoms with Crippen LogP contribution < -0.4 is 5.73 Å². The molecule has 0 aromatic heterocycles. The van der Waals surface area contributed by atoms with E-state index in [2.05, 4.69) is 0 Å². The van der Waals surface area contributed by atoms with Gasteiger partial charge in [-0.15, -0.1) is 0 Å². The van der Waals surface area contributed by atoms with Gasteiger partial charge in [0.15, 0.2) is 0 Å². The van der Waals surface area contributed by atoms with Crippen LogP contribution in [0.15, 0.2) is 30.3 Å². The van der Waals surface area contributed by atoms with Crippen molar-refractivity contribution in [1.82, 2.24) is 0 Å². The van der Waals surface area contributed by atoms with E-state index in [1.165, 1.54) is 0 Å². The average molecular weight is 251 g/mol. The Kier molecular flexibility index (Phi) is 5.82. The second kappa shape index (κ2) is 7.13. The van der Waals surface area contributed by atoms with Gasteiger partial charge in [-0.3, -0.25) is 4.79 Å². The molecular formula is C14H21NO3. The standard InChI is InChI=1S/C14H21NO3/c1-2-3-9-14(15,13(16)17)11-18-10-12-7-5-4-6-8-12/h4-8H,2-3,9-11,15H2,1H3,(H,16,17)/t14-/m1/s1. The van der Waals surface area contributed by atoms with E-state index in [0.29, 0.717) is 13.0 Å². The quantitative estimate of drug-likeness (QED) is 0.742. The van der Waals surface area contributed by atoms with Crippen LogP contribution in [-0.4, -0.2) is 23.2 Å². The van der Waals surface area contributed by atoms with E-state index < -0.39 is 11.5 Å². The first-order valence-corrected chi connectivity index (χ1v) is 6.22. The maximum atomic E-state index is 11.2. The summed E-state index contributed by atoms with van der Waals surface area (Å²) in [7, 11) is 0. The van der Waals surface area contributed by atoms with Crippen LogP contribution in [0, 0.1) is 0 Å². The molecule has 1 atom stereocenters. The third-order valence-corrected chi connectivity index (χ3v) is 2.87. The molecule has 0 heterocycles. The number of ether oxygens (including phenoxy) is 1. The predicted octanol–water partition coefficient (Wildman–Crippen LogP) is 2.18. The van der Waals surface area contributed by atoms with Crippen LogP contribution in [0.4, 0.5) is 0 Å². The van der Waals surface area contributed by atoms with Gasteiger partial charge in [-0.2, -0.15) is 0 Å². The van der Waals surface area contributed by atoms with Crippen LogP contribution in [0.25, 0.3) is 0 Å². The first-order valence-electron chi connectivity index (χ1n) is 6.22. The lowest BCUT2D eigenvalue weighted by Crippen LogP contribution is -2.51. The smallest absolute Gasteiger partial charge is 0.326 e. The van der Waals surface area contributed by atoms with Crippen molar-refractivity contribution in [2.45, 2.75) is 38.3 Å². The Morgan fingerprint density at radius 1 is 1.39 bits per heavy atom. The molecule has 0 amide bonds. The van der Waals surface area contributed by atoms with Crippen molar-refractivity contribution in [3.63, 3.8) is 0 Å². The molecule has 1 aromatic rings. The third kappa shape index (κ3) is 4.47. The van der Waals surface area contributed by atoms with Crippen molar-refractivity contribution < 1.29 is 14.6 Å². The fourth-order valence-corrected chi connectivity index (χ4v) is 1.66. The molecule has 0 aliphatic rings. The van der Waals surface area contributed by atoms with Crippen LogP contribution in [0.5, 0.6) is 0 Å². The number of unbranched alkanes of at least 4 members (excludes halogenated alkanes) is 1. The van der Waals surface area contributed by atoms with Crippen molar-refractivity contribution in [2.75, 3.05) is 6.61 Å². The van der Waals surface area contributed by atoms with Crippen molar-refractivity contribution >= 4 is 5.97 Å². The Morgan fingerprint density at radius 2 is 2.06 bits per heavy atom. The molecule has 1 aromatic carbocycles. The largest absolute Gasteiger partial charge is 0.480 e. The van der Waals surface area contributed by atoms with Crippen LogP contribution >= 0.6 is 0 Å². The van der Waals surface area contributed by atoms with Crippen molar-refractivity contribution in [1.29, 1.82) is 0 Å². The number of carbonyl (C=O) groups is 1. The Bertz CT molecular complexity index is 367. The summed E-state index contributed by atoms with van der Waals surface area (Å²) in [5.41, 5.74) is 5.61. The van der Waals surface area contributed by atoms with E-state index in [-0.39, 0.29) is 6.61 Å². The zero-order chi connectivity index (χ0) is 13.4. The fourth-order valence-electron chi connectivity index (χ4n) is 1.66. The molecular weight excluding hydrogens is 230 g/mol. The molecule has 18 heavy (non-hydrogen) atoms. The van der Waals surface area contributed by atoms with Crippen molar-refractivity contribution in [3.8, 4) is 0 Å². The highest BCUT2D eigenvalue weighted by atomic mass is 16.5. The second-order valence-electron chi connectivity index (χ2n) is 4.54. The van der Waals surface area contributed by atoms with Crippen LogP contribution in [-0.2, 0) is 16.1 Å². The van der Waals surface area contributed by atoms with Crippen LogP contribution in [0.1, 0.15) is 31.7 Å². The van der Waals surface area contributed by atoms with Gasteiger partial charge in [0.2, 0.25) is 0 Å². The average Bonchev–Trinajstić information content (AvgIpc) is 2.37. The number of benzene rings is 1. The molecule has 0 spiro atoms. The van der Waals surface area contributed by atoms with Crippen molar-refractivity contribution in [3.05, 3.63) is 35.9 Å². The summed E-state index contributed by atoms with van der Waals surface area (Å²) < 4.78 is 5.44. The molecule has 3 N–H and O–H groups in total. The molecule has 0 saturated heterocycles. The molecule has 0 unspecified atom stereocenters. The molecule has 0 aliphatic heterocycles. The predicted molar refractivity (Wildman–Crippen MR) is 70.2 cm³/mol. The van der Waals surface area contributed by atoms with E-state index in [0.717, 1.165) is 18.4 Å². The maximum absolute atomic E-state index is 11.2. The number of nitrogens with two attached hydrogens (primary N) is 1. The Balaban J connectivity index is 2.45. The fraction of sp³-hybridized carbons (Fsp3) is 0.500. The van der Waals surface area contributed by atoms with Gasteiger partial charge in [-0.1, -0.05) is 50.1 Å². The topological polar surface area (TPSA) is 72.5 Å². The number of carboxylic acid groups (broad SMARTS) is 1. The van der Waals surface area contributed by atoms with E-state index in [9.17, 15) is 4.79 Å². The summed E-state index contributed by atoms with van der Waals surface area (Å²) in [6.07, 6.45) is 2.15. The van der Waals surface area contributed by atoms with E-state index in [1.807, 2.05) is 37.3 Å². The lowest BCUT2D eigenvalue weighted by Gasteiger charge is -2.24. The molecule has 100 valence electrons. The molecule has 0 bridgehead atoms. The zero-order valence-corrected chi connectivity index (χ0v) is 10.8. The van der Waals surface area contributed by atoms with Gasteiger partial charge in [0, 0.05) is 0 Å². The highest BCUT2D eigenvalue weighted by Crippen LogP contribution is 2.13. The van der Waals surface area contributed by atoms with Gasteiger partial charge in [-0.25, -0.2) is 0 Å². The minimum atomic E-state index is -1.27. The zero-order valence-electron chi connectivity index (χ0n) is 10.8. The summed E-state index contributed by atoms with van der Waals surface area (Å²) >= 11 is 0. The summed E-state index contributed by atoms with van der Waals surface area (Å²) in [5, 5.41) is 9.15. The Hall–Kier alpha value is -1.39. The van der Waals surface area contributed by atoms with Gasteiger partial charge in [-0.05, 0) is 12.0 Å². The van der Waals surface area contributed by atoms with E-state index in [4.69, 9.17) is 15.6 Å². The van der Waals surface area contributed by atoms with E-state index in [1.54, 1.807) is 0 Å². The summed E-state index contributed by atoms with van der Waals surface area (Å²) in [6, 6.07) is 9.64. The summed E-state index contributed by atoms with van der Waals surface area (Å²) in [6.45, 7) is 2.43. The minimum Gasteiger partial charge on any atom is -0.480 e. The molecule has 0 aliphatic carbocycles. The van der Waals surface area contributed by atoms with Gasteiger partial charge in [0.1, 0.15) is 5.54 Å². The van der Waals surface area contributed by atoms with Gasteiger partial charge in [0.25, 0.3) is 0 Å². The first-order chi connectivity index (χ1) is 8.58. The van der Waals surface area contributed by atoms with Crippen molar-refractivity contribution in [2.24, 2.45) is 5.73 Å². The number of rotatable bonds is 8. The monoisotopic (exact) mass is 251 g/mol. The Labute approximate surface area is 108 Å². The maximum Gasteiger partial charge on any atom is 0.326 e. The molecule has 0 radical (unpaired) electrons. The van der Waals surface area contributed by atoms with Gasteiger partial charge < -0.3 is 15.6 Å². The third-order valence-electron chi connectivity index (χ3n) is 2.87. The highest BCUT2D eigenvalue weighted by molar-refractivity contribution is 5.78. The minimum absolute atomic E-state index is 0.0389. The number of hydrogen-bond donors (Lipinski definition) is 2. The Morgan fingerprint density at radius 3 is 2.61 bits per heavy atom. The molecule has 0 fully saturated rings. The van der Waals surface area contributed by atoms with Crippen LogP contribution in [0.3, 0.4) is 0 Å². The van der Waals surface area contributed by atoms with Gasteiger partial charge in [0.05, 0.1) is 13.2 Å². The first kappa shape index (κ1) is 14.7. The molecule has 4 heteroatoms. The molecule has 1 rings (SSSR count). The molecule has 4 nitrogen and oxygen atoms in total. The normalized spacial score (nSPS) is 14.1. The lowest BCUT2D eigenvalue weighted by atomic mass is 9.95.